The summed E-state index contributed by atoms with van der Waals surface area (Å²) in [5, 5.41) is 0. The standard InChI is InChI=1S/C40H68N2O4/c1-23(2)26-14-19-40(22-45-34(43)32(41)24(3)4)21-20-38(10)27(31(26)40)12-13-29-37(9)17-16-30(46-35(44)33(42)25(5)6)36(7,8)28(37)15-18-39(29,38)11/h24-33H,1,12-22,41-42H2,2-11H3/t26-,27+,28-,29+,30-,31+,32-,33-,37-,38+,39+,40+/m0/s1. The van der Waals surface area contributed by atoms with Gasteiger partial charge in [0.25, 0.3) is 0 Å². The Morgan fingerprint density at radius 3 is 2.00 bits per heavy atom. The molecule has 0 aromatic carbocycles. The predicted octanol–water partition coefficient (Wildman–Crippen LogP) is 8.07. The van der Waals surface area contributed by atoms with Crippen molar-refractivity contribution >= 4 is 11.9 Å². The Bertz CT molecular complexity index is 1200. The molecule has 0 bridgehead atoms. The van der Waals surface area contributed by atoms with Crippen LogP contribution in [-0.4, -0.2) is 36.7 Å². The summed E-state index contributed by atoms with van der Waals surface area (Å²) in [7, 11) is 0. The number of rotatable bonds is 8. The maximum atomic E-state index is 13.0. The number of hydrogen-bond donors (Lipinski definition) is 2. The molecule has 6 heteroatoms. The molecule has 46 heavy (non-hydrogen) atoms. The molecule has 4 N–H and O–H groups in total. The zero-order valence-electron chi connectivity index (χ0n) is 31.0. The molecule has 0 amide bonds. The number of allylic oxidation sites excluding steroid dienone is 1. The molecule has 0 radical (unpaired) electrons. The van der Waals surface area contributed by atoms with E-state index in [-0.39, 0.29) is 57.0 Å². The summed E-state index contributed by atoms with van der Waals surface area (Å²) in [5.41, 5.74) is 14.3. The van der Waals surface area contributed by atoms with Crippen LogP contribution in [0.15, 0.2) is 12.2 Å². The first-order valence-corrected chi connectivity index (χ1v) is 18.8. The molecule has 0 saturated heterocycles. The molecule has 0 heterocycles. The first-order chi connectivity index (χ1) is 21.3. The Morgan fingerprint density at radius 2 is 1.39 bits per heavy atom. The van der Waals surface area contributed by atoms with Crippen molar-refractivity contribution in [1.29, 1.82) is 0 Å². The fraction of sp³-hybridized carbons (Fsp3) is 0.900. The lowest BCUT2D eigenvalue weighted by Gasteiger charge is -2.73. The smallest absolute Gasteiger partial charge is 0.323 e. The fourth-order valence-corrected chi connectivity index (χ4v) is 12.8. The van der Waals surface area contributed by atoms with Gasteiger partial charge in [-0.25, -0.2) is 0 Å². The Labute approximate surface area is 280 Å². The van der Waals surface area contributed by atoms with Crippen molar-refractivity contribution in [2.24, 2.45) is 80.0 Å². The van der Waals surface area contributed by atoms with Gasteiger partial charge in [0.2, 0.25) is 0 Å². The number of hydrogen-bond acceptors (Lipinski definition) is 6. The van der Waals surface area contributed by atoms with Crippen molar-refractivity contribution in [2.45, 2.75) is 152 Å². The van der Waals surface area contributed by atoms with E-state index in [9.17, 15) is 9.59 Å². The highest BCUT2D eigenvalue weighted by Crippen LogP contribution is 2.77. The largest absolute Gasteiger partial charge is 0.464 e. The lowest BCUT2D eigenvalue weighted by Crippen LogP contribution is -2.67. The van der Waals surface area contributed by atoms with E-state index in [1.54, 1.807) is 0 Å². The zero-order valence-corrected chi connectivity index (χ0v) is 31.0. The van der Waals surface area contributed by atoms with E-state index in [4.69, 9.17) is 20.9 Å². The van der Waals surface area contributed by atoms with Crippen molar-refractivity contribution in [3.8, 4) is 0 Å². The third kappa shape index (κ3) is 5.33. The molecule has 5 fully saturated rings. The van der Waals surface area contributed by atoms with Crippen LogP contribution >= 0.6 is 0 Å². The number of carbonyl (C=O) groups excluding carboxylic acids is 2. The second-order valence-corrected chi connectivity index (χ2v) is 19.0. The minimum atomic E-state index is -0.568. The minimum Gasteiger partial charge on any atom is -0.464 e. The van der Waals surface area contributed by atoms with E-state index in [1.165, 1.54) is 37.7 Å². The van der Waals surface area contributed by atoms with Gasteiger partial charge in [-0.2, -0.15) is 0 Å². The van der Waals surface area contributed by atoms with E-state index in [0.717, 1.165) is 32.1 Å². The lowest BCUT2D eigenvalue weighted by atomic mass is 9.32. The molecule has 0 unspecified atom stereocenters. The van der Waals surface area contributed by atoms with Crippen LogP contribution < -0.4 is 11.5 Å². The molecule has 262 valence electrons. The van der Waals surface area contributed by atoms with Gasteiger partial charge < -0.3 is 20.9 Å². The van der Waals surface area contributed by atoms with Gasteiger partial charge in [-0.1, -0.05) is 74.5 Å². The van der Waals surface area contributed by atoms with Gasteiger partial charge in [0.15, 0.2) is 0 Å². The average molecular weight is 641 g/mol. The number of carbonyl (C=O) groups is 2. The summed E-state index contributed by atoms with van der Waals surface area (Å²) in [6.45, 7) is 27.8. The Kier molecular flexibility index (Phi) is 9.50. The second-order valence-electron chi connectivity index (χ2n) is 19.0. The number of fused-ring (bicyclic) bond motifs is 7. The summed E-state index contributed by atoms with van der Waals surface area (Å²) >= 11 is 0. The van der Waals surface area contributed by atoms with Crippen LogP contribution in [0.25, 0.3) is 0 Å². The Balaban J connectivity index is 1.42. The molecule has 5 aliphatic rings. The molecule has 0 aromatic heterocycles. The van der Waals surface area contributed by atoms with Gasteiger partial charge in [-0.05, 0) is 129 Å². The van der Waals surface area contributed by atoms with Crippen LogP contribution in [0.3, 0.4) is 0 Å². The van der Waals surface area contributed by atoms with Crippen molar-refractivity contribution in [2.75, 3.05) is 6.61 Å². The summed E-state index contributed by atoms with van der Waals surface area (Å²) in [6, 6.07) is -1.14. The van der Waals surface area contributed by atoms with Crippen LogP contribution in [-0.2, 0) is 19.1 Å². The van der Waals surface area contributed by atoms with Crippen LogP contribution in [0, 0.1) is 68.5 Å². The van der Waals surface area contributed by atoms with Crippen molar-refractivity contribution < 1.29 is 19.1 Å². The molecular weight excluding hydrogens is 572 g/mol. The molecular formula is C40H68N2O4. The second kappa shape index (κ2) is 12.2. The molecule has 5 saturated carbocycles. The predicted molar refractivity (Wildman–Crippen MR) is 185 cm³/mol. The third-order valence-corrected chi connectivity index (χ3v) is 15.9. The summed E-state index contributed by atoms with van der Waals surface area (Å²) in [4.78, 5) is 26.0. The Hall–Kier alpha value is -1.40. The van der Waals surface area contributed by atoms with Crippen LogP contribution in [0.5, 0.6) is 0 Å². The van der Waals surface area contributed by atoms with Crippen molar-refractivity contribution in [3.05, 3.63) is 12.2 Å². The monoisotopic (exact) mass is 641 g/mol. The highest BCUT2D eigenvalue weighted by molar-refractivity contribution is 5.76. The van der Waals surface area contributed by atoms with Gasteiger partial charge in [0.05, 0.1) is 6.61 Å². The number of esters is 2. The van der Waals surface area contributed by atoms with E-state index in [1.807, 2.05) is 27.7 Å². The number of ether oxygens (including phenoxy) is 2. The summed E-state index contributed by atoms with van der Waals surface area (Å²) in [6.07, 6.45) is 11.4. The van der Waals surface area contributed by atoms with Gasteiger partial charge >= 0.3 is 11.9 Å². The molecule has 12 atom stereocenters. The van der Waals surface area contributed by atoms with E-state index < -0.39 is 12.1 Å². The fourth-order valence-electron chi connectivity index (χ4n) is 12.8. The van der Waals surface area contributed by atoms with E-state index in [0.29, 0.717) is 36.2 Å². The highest BCUT2D eigenvalue weighted by atomic mass is 16.5. The highest BCUT2D eigenvalue weighted by Gasteiger charge is 2.71. The van der Waals surface area contributed by atoms with Crippen LogP contribution in [0.4, 0.5) is 0 Å². The van der Waals surface area contributed by atoms with E-state index >= 15 is 0 Å². The first-order valence-electron chi connectivity index (χ1n) is 18.8. The average Bonchev–Trinajstić information content (AvgIpc) is 3.37. The van der Waals surface area contributed by atoms with Crippen molar-refractivity contribution in [3.63, 3.8) is 0 Å². The zero-order chi connectivity index (χ0) is 34.2. The van der Waals surface area contributed by atoms with Crippen LogP contribution in [0.2, 0.25) is 0 Å². The minimum absolute atomic E-state index is 0.0191. The maximum Gasteiger partial charge on any atom is 0.323 e. The van der Waals surface area contributed by atoms with Crippen molar-refractivity contribution in [1.82, 2.24) is 0 Å². The SMILES string of the molecule is C=C(C)[C@@H]1CC[C@]2(COC(=O)[C@@H](N)C(C)C)CC[C@]3(C)[C@H](CC[C@@H]4[C@@]5(C)CC[C@H](OC(=O)[C@@H](N)C(C)C)C(C)(C)[C@@H]5CC[C@]43C)[C@@H]12. The third-order valence-electron chi connectivity index (χ3n) is 15.9. The molecule has 0 aromatic rings. The molecule has 5 rings (SSSR count). The summed E-state index contributed by atoms with van der Waals surface area (Å²) < 4.78 is 12.4. The first kappa shape index (κ1) is 35.9. The molecule has 0 spiro atoms. The topological polar surface area (TPSA) is 105 Å². The van der Waals surface area contributed by atoms with Crippen LogP contribution in [0.1, 0.15) is 133 Å². The van der Waals surface area contributed by atoms with Gasteiger partial charge in [-0.15, -0.1) is 0 Å². The molecule has 0 aliphatic heterocycles. The maximum absolute atomic E-state index is 13.0. The normalized spacial score (nSPS) is 44.3. The molecule has 5 aliphatic carbocycles. The quantitative estimate of drug-likeness (QED) is 0.205. The Morgan fingerprint density at radius 1 is 0.761 bits per heavy atom. The van der Waals surface area contributed by atoms with Gasteiger partial charge in [0, 0.05) is 10.8 Å². The summed E-state index contributed by atoms with van der Waals surface area (Å²) in [5.74, 6) is 2.35. The van der Waals surface area contributed by atoms with Gasteiger partial charge in [-0.3, -0.25) is 9.59 Å². The lowest BCUT2D eigenvalue weighted by molar-refractivity contribution is -0.252. The molecule has 6 nitrogen and oxygen atoms in total. The number of nitrogens with two attached hydrogens (primary N) is 2. The van der Waals surface area contributed by atoms with E-state index in [2.05, 4.69) is 48.1 Å². The van der Waals surface area contributed by atoms with Gasteiger partial charge in [0.1, 0.15) is 18.2 Å².